The van der Waals surface area contributed by atoms with Gasteiger partial charge in [0.2, 0.25) is 0 Å². The molecule has 5 nitrogen and oxygen atoms in total. The first-order chi connectivity index (χ1) is 9.26. The van der Waals surface area contributed by atoms with E-state index in [9.17, 15) is 5.11 Å². The third kappa shape index (κ3) is 11.3. The monoisotopic (exact) mass is 276 g/mol. The van der Waals surface area contributed by atoms with Gasteiger partial charge in [-0.05, 0) is 25.7 Å². The Morgan fingerprint density at radius 1 is 1.11 bits per heavy atom. The van der Waals surface area contributed by atoms with Crippen LogP contribution in [0.3, 0.4) is 0 Å². The molecular formula is C14H28O5. The fourth-order valence-corrected chi connectivity index (χ4v) is 1.63. The predicted octanol–water partition coefficient (Wildman–Crippen LogP) is 1.11. The maximum atomic E-state index is 9.19. The summed E-state index contributed by atoms with van der Waals surface area (Å²) in [5.74, 6) is 0. The van der Waals surface area contributed by atoms with Crippen LogP contribution >= 0.6 is 0 Å². The molecule has 0 aliphatic carbocycles. The van der Waals surface area contributed by atoms with Crippen molar-refractivity contribution in [3.8, 4) is 0 Å². The van der Waals surface area contributed by atoms with Crippen LogP contribution in [0.25, 0.3) is 0 Å². The number of epoxide rings is 2. The Morgan fingerprint density at radius 3 is 2.11 bits per heavy atom. The van der Waals surface area contributed by atoms with Crippen molar-refractivity contribution in [3.63, 3.8) is 0 Å². The molecule has 2 fully saturated rings. The van der Waals surface area contributed by atoms with Crippen LogP contribution in [-0.2, 0) is 14.2 Å². The molecule has 0 saturated carbocycles. The van der Waals surface area contributed by atoms with Crippen molar-refractivity contribution in [2.45, 2.75) is 57.3 Å². The third-order valence-electron chi connectivity index (χ3n) is 2.98. The highest BCUT2D eigenvalue weighted by atomic mass is 16.6. The van der Waals surface area contributed by atoms with Crippen molar-refractivity contribution in [1.29, 1.82) is 0 Å². The summed E-state index contributed by atoms with van der Waals surface area (Å²) >= 11 is 0. The minimum Gasteiger partial charge on any atom is -0.396 e. The molecule has 2 aliphatic heterocycles. The average molecular weight is 276 g/mol. The normalized spacial score (nSPS) is 25.4. The van der Waals surface area contributed by atoms with Gasteiger partial charge < -0.3 is 24.4 Å². The molecule has 114 valence electrons. The summed E-state index contributed by atoms with van der Waals surface area (Å²) in [5, 5.41) is 17.6. The zero-order valence-electron chi connectivity index (χ0n) is 11.9. The standard InChI is InChI=1S/C8H18O2.C6H10O3/c1-2-5-8(10)6-3-4-7-9;1(5-3-8-5)7-2-6-4-9-6/h8-10H,2-7H2,1H3;5-6H,1-4H2. The fourth-order valence-electron chi connectivity index (χ4n) is 1.63. The van der Waals surface area contributed by atoms with E-state index in [1.54, 1.807) is 0 Å². The lowest BCUT2D eigenvalue weighted by Gasteiger charge is -2.06. The highest BCUT2D eigenvalue weighted by Gasteiger charge is 2.26. The van der Waals surface area contributed by atoms with Crippen LogP contribution in [0.15, 0.2) is 0 Å². The molecule has 19 heavy (non-hydrogen) atoms. The second-order valence-electron chi connectivity index (χ2n) is 5.11. The van der Waals surface area contributed by atoms with Crippen LogP contribution in [-0.4, -0.2) is 61.6 Å². The van der Waals surface area contributed by atoms with Crippen molar-refractivity contribution in [2.24, 2.45) is 0 Å². The van der Waals surface area contributed by atoms with E-state index in [4.69, 9.17) is 19.3 Å². The second kappa shape index (κ2) is 10.6. The van der Waals surface area contributed by atoms with Gasteiger partial charge in [0.25, 0.3) is 0 Å². The van der Waals surface area contributed by atoms with E-state index in [1.165, 1.54) is 0 Å². The summed E-state index contributed by atoms with van der Waals surface area (Å²) in [7, 11) is 0. The first kappa shape index (κ1) is 16.9. The van der Waals surface area contributed by atoms with E-state index < -0.39 is 0 Å². The zero-order chi connectivity index (χ0) is 13.9. The molecule has 2 N–H and O–H groups in total. The highest BCUT2D eigenvalue weighted by Crippen LogP contribution is 2.12. The van der Waals surface area contributed by atoms with Crippen LogP contribution in [0.2, 0.25) is 0 Å². The molecule has 0 spiro atoms. The van der Waals surface area contributed by atoms with Gasteiger partial charge in [-0.15, -0.1) is 0 Å². The van der Waals surface area contributed by atoms with Gasteiger partial charge in [0.1, 0.15) is 12.2 Å². The number of unbranched alkanes of at least 4 members (excludes halogenated alkanes) is 1. The summed E-state index contributed by atoms with van der Waals surface area (Å²) in [6, 6.07) is 0. The SMILES string of the molecule is C(OCC1CO1)C1CO1.CCCC(O)CCCCO. The lowest BCUT2D eigenvalue weighted by Crippen LogP contribution is -2.06. The van der Waals surface area contributed by atoms with Crippen molar-refractivity contribution in [3.05, 3.63) is 0 Å². The molecule has 0 bridgehead atoms. The number of aliphatic hydroxyl groups excluding tert-OH is 2. The lowest BCUT2D eigenvalue weighted by molar-refractivity contribution is 0.102. The quantitative estimate of drug-likeness (QED) is 0.462. The van der Waals surface area contributed by atoms with Crippen LogP contribution in [0.1, 0.15) is 39.0 Å². The number of hydrogen-bond donors (Lipinski definition) is 2. The maximum Gasteiger partial charge on any atom is 0.104 e. The van der Waals surface area contributed by atoms with Crippen LogP contribution in [0.4, 0.5) is 0 Å². The van der Waals surface area contributed by atoms with Crippen molar-refractivity contribution >= 4 is 0 Å². The second-order valence-corrected chi connectivity index (χ2v) is 5.11. The number of aliphatic hydroxyl groups is 2. The van der Waals surface area contributed by atoms with E-state index in [1.807, 2.05) is 0 Å². The molecule has 2 saturated heterocycles. The van der Waals surface area contributed by atoms with Crippen LogP contribution < -0.4 is 0 Å². The largest absolute Gasteiger partial charge is 0.396 e. The van der Waals surface area contributed by atoms with E-state index in [0.29, 0.717) is 12.2 Å². The third-order valence-corrected chi connectivity index (χ3v) is 2.98. The minimum atomic E-state index is -0.142. The smallest absolute Gasteiger partial charge is 0.104 e. The van der Waals surface area contributed by atoms with E-state index in [2.05, 4.69) is 6.92 Å². The van der Waals surface area contributed by atoms with Gasteiger partial charge in [0, 0.05) is 6.61 Å². The molecular weight excluding hydrogens is 248 g/mol. The molecule has 2 aliphatic rings. The molecule has 0 aromatic heterocycles. The number of hydrogen-bond acceptors (Lipinski definition) is 5. The summed E-state index contributed by atoms with van der Waals surface area (Å²) in [6.07, 6.45) is 5.18. The Labute approximate surface area is 115 Å². The highest BCUT2D eigenvalue weighted by molar-refractivity contribution is 4.71. The van der Waals surface area contributed by atoms with Gasteiger partial charge in [-0.3, -0.25) is 0 Å². The Hall–Kier alpha value is -0.200. The molecule has 3 unspecified atom stereocenters. The topological polar surface area (TPSA) is 74.8 Å². The first-order valence-corrected chi connectivity index (χ1v) is 7.36. The maximum absolute atomic E-state index is 9.19. The molecule has 5 heteroatoms. The molecule has 0 aromatic carbocycles. The lowest BCUT2D eigenvalue weighted by atomic mass is 10.1. The van der Waals surface area contributed by atoms with Crippen molar-refractivity contribution in [2.75, 3.05) is 33.0 Å². The molecule has 0 radical (unpaired) electrons. The summed E-state index contributed by atoms with van der Waals surface area (Å²) in [6.45, 7) is 5.57. The van der Waals surface area contributed by atoms with Gasteiger partial charge in [-0.2, -0.15) is 0 Å². The van der Waals surface area contributed by atoms with Crippen LogP contribution in [0.5, 0.6) is 0 Å². The first-order valence-electron chi connectivity index (χ1n) is 7.36. The number of rotatable bonds is 10. The van der Waals surface area contributed by atoms with E-state index in [-0.39, 0.29) is 12.7 Å². The zero-order valence-corrected chi connectivity index (χ0v) is 11.9. The van der Waals surface area contributed by atoms with Gasteiger partial charge in [0.05, 0.1) is 32.5 Å². The Bertz CT molecular complexity index is 192. The summed E-state index contributed by atoms with van der Waals surface area (Å²) < 4.78 is 15.1. The van der Waals surface area contributed by atoms with E-state index in [0.717, 1.165) is 58.5 Å². The molecule has 2 heterocycles. The predicted molar refractivity (Wildman–Crippen MR) is 72.2 cm³/mol. The van der Waals surface area contributed by atoms with Gasteiger partial charge in [0.15, 0.2) is 0 Å². The summed E-state index contributed by atoms with van der Waals surface area (Å²) in [4.78, 5) is 0. The molecule has 0 aromatic rings. The molecule has 2 rings (SSSR count). The average Bonchev–Trinajstić information content (AvgIpc) is 3.25. The van der Waals surface area contributed by atoms with Gasteiger partial charge >= 0.3 is 0 Å². The van der Waals surface area contributed by atoms with Crippen molar-refractivity contribution in [1.82, 2.24) is 0 Å². The molecule has 3 atom stereocenters. The summed E-state index contributed by atoms with van der Waals surface area (Å²) in [5.41, 5.74) is 0. The minimum absolute atomic E-state index is 0.142. The molecule has 0 amide bonds. The Balaban J connectivity index is 0.000000190. The Morgan fingerprint density at radius 2 is 1.68 bits per heavy atom. The van der Waals surface area contributed by atoms with E-state index >= 15 is 0 Å². The van der Waals surface area contributed by atoms with Gasteiger partial charge in [-0.25, -0.2) is 0 Å². The van der Waals surface area contributed by atoms with Crippen molar-refractivity contribution < 1.29 is 24.4 Å². The van der Waals surface area contributed by atoms with Crippen LogP contribution in [0, 0.1) is 0 Å². The fraction of sp³-hybridized carbons (Fsp3) is 1.00. The Kier molecular flexibility index (Phi) is 9.38. The number of ether oxygens (including phenoxy) is 3. The van der Waals surface area contributed by atoms with Gasteiger partial charge in [-0.1, -0.05) is 13.3 Å².